The number of terminal acetylenes is 1. The Kier molecular flexibility index (Phi) is 3.13. The molecule has 11 heavy (non-hydrogen) atoms. The van der Waals surface area contributed by atoms with Crippen LogP contribution >= 0.6 is 0 Å². The number of piperidine rings is 1. The summed E-state index contributed by atoms with van der Waals surface area (Å²) in [6.45, 7) is 1.03. The third-order valence-electron chi connectivity index (χ3n) is 2.01. The first kappa shape index (κ1) is 8.29. The number of hydrogen-bond donors (Lipinski definition) is 1. The van der Waals surface area contributed by atoms with Crippen molar-refractivity contribution >= 4 is 5.78 Å². The van der Waals surface area contributed by atoms with Crippen LogP contribution in [0.1, 0.15) is 25.7 Å². The lowest BCUT2D eigenvalue weighted by atomic mass is 10.0. The van der Waals surface area contributed by atoms with Crippen LogP contribution in [0.2, 0.25) is 0 Å². The number of carbonyl (C=O) groups excluding carboxylic acids is 1. The summed E-state index contributed by atoms with van der Waals surface area (Å²) in [6, 6.07) is 0.340. The van der Waals surface area contributed by atoms with E-state index in [1.54, 1.807) is 0 Å². The summed E-state index contributed by atoms with van der Waals surface area (Å²) in [5.41, 5.74) is 0. The Bertz CT molecular complexity index is 174. The fourth-order valence-corrected chi connectivity index (χ4v) is 1.38. The Balaban J connectivity index is 2.25. The monoisotopic (exact) mass is 151 g/mol. The van der Waals surface area contributed by atoms with E-state index < -0.39 is 0 Å². The van der Waals surface area contributed by atoms with Crippen LogP contribution in [0.3, 0.4) is 0 Å². The third kappa shape index (κ3) is 2.73. The van der Waals surface area contributed by atoms with Crippen LogP contribution in [0.25, 0.3) is 0 Å². The van der Waals surface area contributed by atoms with Crippen molar-refractivity contribution in [2.24, 2.45) is 0 Å². The fourth-order valence-electron chi connectivity index (χ4n) is 1.38. The van der Waals surface area contributed by atoms with Gasteiger partial charge in [-0.1, -0.05) is 6.42 Å². The minimum atomic E-state index is -0.0793. The van der Waals surface area contributed by atoms with Gasteiger partial charge < -0.3 is 5.32 Å². The molecule has 1 aliphatic heterocycles. The number of Topliss-reactive ketones (excluding diaryl/α,β-unsaturated/α-hetero) is 1. The summed E-state index contributed by atoms with van der Waals surface area (Å²) in [5, 5.41) is 3.27. The summed E-state index contributed by atoms with van der Waals surface area (Å²) < 4.78 is 0. The van der Waals surface area contributed by atoms with Gasteiger partial charge >= 0.3 is 0 Å². The standard InChI is InChI=1S/C9H13NO/c1-2-9(11)7-8-5-3-4-6-10-8/h1,8,10H,3-7H2. The molecule has 1 fully saturated rings. The highest BCUT2D eigenvalue weighted by Crippen LogP contribution is 2.09. The van der Waals surface area contributed by atoms with Crippen molar-refractivity contribution in [1.29, 1.82) is 0 Å². The van der Waals surface area contributed by atoms with Gasteiger partial charge in [0.2, 0.25) is 5.78 Å². The number of rotatable bonds is 2. The zero-order valence-electron chi connectivity index (χ0n) is 6.60. The number of ketones is 1. The molecule has 0 aromatic rings. The van der Waals surface area contributed by atoms with Crippen molar-refractivity contribution in [1.82, 2.24) is 5.32 Å². The van der Waals surface area contributed by atoms with E-state index in [9.17, 15) is 4.79 Å². The molecule has 1 rings (SSSR count). The highest BCUT2D eigenvalue weighted by Gasteiger charge is 2.14. The normalized spacial score (nSPS) is 24.1. The lowest BCUT2D eigenvalue weighted by Gasteiger charge is -2.21. The lowest BCUT2D eigenvalue weighted by Crippen LogP contribution is -2.35. The smallest absolute Gasteiger partial charge is 0.206 e. The molecule has 0 aromatic heterocycles. The van der Waals surface area contributed by atoms with Crippen LogP contribution in [0.5, 0.6) is 0 Å². The first-order valence-electron chi connectivity index (χ1n) is 4.06. The van der Waals surface area contributed by atoms with Gasteiger partial charge in [-0.15, -0.1) is 6.42 Å². The van der Waals surface area contributed by atoms with Crippen molar-refractivity contribution in [3.63, 3.8) is 0 Å². The highest BCUT2D eigenvalue weighted by atomic mass is 16.1. The molecule has 0 aromatic carbocycles. The Morgan fingerprint density at radius 3 is 3.00 bits per heavy atom. The van der Waals surface area contributed by atoms with Gasteiger partial charge in [0.05, 0.1) is 0 Å². The van der Waals surface area contributed by atoms with Crippen LogP contribution in [0.4, 0.5) is 0 Å². The first-order chi connectivity index (χ1) is 5.33. The van der Waals surface area contributed by atoms with Crippen LogP contribution in [-0.4, -0.2) is 18.4 Å². The molecule has 1 saturated heterocycles. The van der Waals surface area contributed by atoms with Gasteiger partial charge in [0.25, 0.3) is 0 Å². The summed E-state index contributed by atoms with van der Waals surface area (Å²) in [4.78, 5) is 10.8. The second-order valence-electron chi connectivity index (χ2n) is 2.92. The van der Waals surface area contributed by atoms with Crippen LogP contribution in [0, 0.1) is 12.3 Å². The molecule has 0 amide bonds. The Labute approximate surface area is 67.4 Å². The molecular weight excluding hydrogens is 138 g/mol. The van der Waals surface area contributed by atoms with Gasteiger partial charge in [-0.2, -0.15) is 0 Å². The number of carbonyl (C=O) groups is 1. The summed E-state index contributed by atoms with van der Waals surface area (Å²) >= 11 is 0. The maximum absolute atomic E-state index is 10.8. The molecule has 1 aliphatic rings. The van der Waals surface area contributed by atoms with Gasteiger partial charge in [0.1, 0.15) is 0 Å². The molecule has 0 bridgehead atoms. The average Bonchev–Trinajstić information content (AvgIpc) is 2.06. The lowest BCUT2D eigenvalue weighted by molar-refractivity contribution is -0.114. The van der Waals surface area contributed by atoms with E-state index in [4.69, 9.17) is 6.42 Å². The first-order valence-corrected chi connectivity index (χ1v) is 4.06. The number of nitrogens with one attached hydrogen (secondary N) is 1. The van der Waals surface area contributed by atoms with E-state index in [0.717, 1.165) is 13.0 Å². The predicted octanol–water partition coefficient (Wildman–Crippen LogP) is 0.721. The molecule has 0 aliphatic carbocycles. The summed E-state index contributed by atoms with van der Waals surface area (Å²) in [5.74, 6) is 2.05. The molecular formula is C9H13NO. The minimum absolute atomic E-state index is 0.0793. The quantitative estimate of drug-likeness (QED) is 0.465. The van der Waals surface area contributed by atoms with Crippen molar-refractivity contribution in [3.8, 4) is 12.3 Å². The van der Waals surface area contributed by atoms with E-state index in [-0.39, 0.29) is 5.78 Å². The highest BCUT2D eigenvalue weighted by molar-refractivity contribution is 5.95. The van der Waals surface area contributed by atoms with Crippen LogP contribution < -0.4 is 5.32 Å². The molecule has 0 saturated carbocycles. The molecule has 1 N–H and O–H groups in total. The summed E-state index contributed by atoms with van der Waals surface area (Å²) in [6.07, 6.45) is 9.00. The second-order valence-corrected chi connectivity index (χ2v) is 2.92. The van der Waals surface area contributed by atoms with E-state index in [1.165, 1.54) is 12.8 Å². The second kappa shape index (κ2) is 4.15. The van der Waals surface area contributed by atoms with Crippen molar-refractivity contribution in [2.45, 2.75) is 31.7 Å². The maximum atomic E-state index is 10.8. The van der Waals surface area contributed by atoms with Gasteiger partial charge in [-0.05, 0) is 25.3 Å². The third-order valence-corrected chi connectivity index (χ3v) is 2.01. The SMILES string of the molecule is C#CC(=O)CC1CCCCN1. The molecule has 60 valence electrons. The fraction of sp³-hybridized carbons (Fsp3) is 0.667. The topological polar surface area (TPSA) is 29.1 Å². The van der Waals surface area contributed by atoms with E-state index in [0.29, 0.717) is 12.5 Å². The molecule has 2 nitrogen and oxygen atoms in total. The molecule has 0 radical (unpaired) electrons. The van der Waals surface area contributed by atoms with E-state index >= 15 is 0 Å². The van der Waals surface area contributed by atoms with E-state index in [1.807, 2.05) is 0 Å². The maximum Gasteiger partial charge on any atom is 0.206 e. The van der Waals surface area contributed by atoms with Gasteiger partial charge in [0, 0.05) is 12.5 Å². The van der Waals surface area contributed by atoms with E-state index in [2.05, 4.69) is 11.2 Å². The Morgan fingerprint density at radius 2 is 2.45 bits per heavy atom. The summed E-state index contributed by atoms with van der Waals surface area (Å²) in [7, 11) is 0. The van der Waals surface area contributed by atoms with Crippen LogP contribution in [0.15, 0.2) is 0 Å². The predicted molar refractivity (Wildman–Crippen MR) is 44.1 cm³/mol. The van der Waals surface area contributed by atoms with Gasteiger partial charge in [-0.3, -0.25) is 4.79 Å². The van der Waals surface area contributed by atoms with Crippen molar-refractivity contribution < 1.29 is 4.79 Å². The molecule has 0 spiro atoms. The molecule has 1 atom stereocenters. The molecule has 1 unspecified atom stereocenters. The number of hydrogen-bond acceptors (Lipinski definition) is 2. The van der Waals surface area contributed by atoms with Crippen molar-refractivity contribution in [2.75, 3.05) is 6.54 Å². The largest absolute Gasteiger partial charge is 0.314 e. The zero-order chi connectivity index (χ0) is 8.10. The zero-order valence-corrected chi connectivity index (χ0v) is 6.60. The Hall–Kier alpha value is -0.810. The Morgan fingerprint density at radius 1 is 1.64 bits per heavy atom. The molecule has 2 heteroatoms. The van der Waals surface area contributed by atoms with Crippen LogP contribution in [-0.2, 0) is 4.79 Å². The minimum Gasteiger partial charge on any atom is -0.314 e. The average molecular weight is 151 g/mol. The van der Waals surface area contributed by atoms with Gasteiger partial charge in [-0.25, -0.2) is 0 Å². The molecule has 1 heterocycles. The van der Waals surface area contributed by atoms with Gasteiger partial charge in [0.15, 0.2) is 0 Å². The van der Waals surface area contributed by atoms with Crippen molar-refractivity contribution in [3.05, 3.63) is 0 Å².